The third-order valence-electron chi connectivity index (χ3n) is 7.22. The molecule has 3 amide bonds. The molecule has 1 aliphatic carbocycles. The normalized spacial score (nSPS) is 23.8. The van der Waals surface area contributed by atoms with Crippen LogP contribution in [0.5, 0.6) is 0 Å². The van der Waals surface area contributed by atoms with E-state index >= 15 is 0 Å². The van der Waals surface area contributed by atoms with Gasteiger partial charge < -0.3 is 20.6 Å². The van der Waals surface area contributed by atoms with Crippen LogP contribution < -0.4 is 10.6 Å². The highest BCUT2D eigenvalue weighted by Gasteiger charge is 2.47. The molecule has 3 N–H and O–H groups in total. The molecule has 1 saturated carbocycles. The Balaban J connectivity index is 1.33. The van der Waals surface area contributed by atoms with Crippen LogP contribution in [0.1, 0.15) is 62.7 Å². The SMILES string of the molecule is CN(C)C(=O)c1cnc(C2(O)CCCCC2N2CC[C@@H](NC(=O)CNC(=O)c3cccc(C(F)(F)F)c3)C2)s1. The lowest BCUT2D eigenvalue weighted by atomic mass is 9.80. The summed E-state index contributed by atoms with van der Waals surface area (Å²) >= 11 is 1.21. The summed E-state index contributed by atoms with van der Waals surface area (Å²) in [4.78, 5) is 45.6. The molecular weight excluding hydrogens is 535 g/mol. The maximum absolute atomic E-state index is 12.9. The molecule has 2 aliphatic rings. The van der Waals surface area contributed by atoms with Crippen molar-refractivity contribution in [1.29, 1.82) is 0 Å². The molecule has 0 radical (unpaired) electrons. The zero-order valence-corrected chi connectivity index (χ0v) is 22.6. The Morgan fingerprint density at radius 3 is 2.72 bits per heavy atom. The molecule has 3 atom stereocenters. The van der Waals surface area contributed by atoms with Crippen LogP contribution >= 0.6 is 11.3 Å². The highest BCUT2D eigenvalue weighted by molar-refractivity contribution is 7.13. The standard InChI is InChI=1S/C26H32F3N5O4S/c1-33(2)23(37)19-13-31-24(39-19)25(38)10-4-3-8-20(25)34-11-9-18(15-34)32-21(35)14-30-22(36)16-6-5-7-17(12-16)26(27,28)29/h5-7,12-13,18,20,38H,3-4,8-11,14-15H2,1-2H3,(H,30,36)(H,32,35)/t18-,20?,25?/m1/s1. The Labute approximate surface area is 228 Å². The highest BCUT2D eigenvalue weighted by Crippen LogP contribution is 2.42. The molecule has 0 spiro atoms. The third kappa shape index (κ3) is 6.59. The number of rotatable bonds is 7. The molecule has 1 saturated heterocycles. The molecule has 39 heavy (non-hydrogen) atoms. The van der Waals surface area contributed by atoms with E-state index in [1.54, 1.807) is 14.1 Å². The van der Waals surface area contributed by atoms with E-state index in [9.17, 15) is 32.7 Å². The van der Waals surface area contributed by atoms with E-state index in [2.05, 4.69) is 20.5 Å². The summed E-state index contributed by atoms with van der Waals surface area (Å²) in [7, 11) is 3.32. The van der Waals surface area contributed by atoms with Crippen molar-refractivity contribution in [2.24, 2.45) is 0 Å². The molecule has 2 unspecified atom stereocenters. The molecular formula is C26H32F3N5O4S. The highest BCUT2D eigenvalue weighted by atomic mass is 32.1. The van der Waals surface area contributed by atoms with Gasteiger partial charge in [0, 0.05) is 44.8 Å². The molecule has 1 aromatic carbocycles. The smallest absolute Gasteiger partial charge is 0.381 e. The van der Waals surface area contributed by atoms with Crippen molar-refractivity contribution < 1.29 is 32.7 Å². The first-order valence-electron chi connectivity index (χ1n) is 12.8. The molecule has 2 aromatic rings. The van der Waals surface area contributed by atoms with E-state index in [1.165, 1.54) is 28.5 Å². The van der Waals surface area contributed by atoms with Crippen LogP contribution in [0.2, 0.25) is 0 Å². The Bertz CT molecular complexity index is 1220. The van der Waals surface area contributed by atoms with Crippen molar-refractivity contribution in [3.63, 3.8) is 0 Å². The quantitative estimate of drug-likeness (QED) is 0.474. The van der Waals surface area contributed by atoms with Crippen LogP contribution in [-0.2, 0) is 16.6 Å². The van der Waals surface area contributed by atoms with E-state index in [0.29, 0.717) is 35.8 Å². The van der Waals surface area contributed by atoms with Gasteiger partial charge in [-0.15, -0.1) is 11.3 Å². The third-order valence-corrected chi connectivity index (χ3v) is 8.37. The summed E-state index contributed by atoms with van der Waals surface area (Å²) in [6.45, 7) is 0.763. The lowest BCUT2D eigenvalue weighted by molar-refractivity contribution is -0.137. The lowest BCUT2D eigenvalue weighted by Gasteiger charge is -2.43. The van der Waals surface area contributed by atoms with E-state index in [4.69, 9.17) is 0 Å². The van der Waals surface area contributed by atoms with Crippen molar-refractivity contribution in [3.8, 4) is 0 Å². The lowest BCUT2D eigenvalue weighted by Crippen LogP contribution is -2.53. The summed E-state index contributed by atoms with van der Waals surface area (Å²) < 4.78 is 38.7. The fraction of sp³-hybridized carbons (Fsp3) is 0.538. The van der Waals surface area contributed by atoms with Gasteiger partial charge in [-0.05, 0) is 37.5 Å². The molecule has 13 heteroatoms. The van der Waals surface area contributed by atoms with Gasteiger partial charge in [0.05, 0.1) is 18.3 Å². The number of nitrogens with zero attached hydrogens (tertiary/aromatic N) is 3. The number of aliphatic hydroxyl groups is 1. The van der Waals surface area contributed by atoms with Gasteiger partial charge in [-0.2, -0.15) is 13.2 Å². The Hall–Kier alpha value is -3.03. The monoisotopic (exact) mass is 567 g/mol. The second kappa shape index (κ2) is 11.6. The number of thiazole rings is 1. The van der Waals surface area contributed by atoms with Gasteiger partial charge in [-0.25, -0.2) is 4.98 Å². The molecule has 212 valence electrons. The molecule has 0 bridgehead atoms. The van der Waals surface area contributed by atoms with Gasteiger partial charge in [0.1, 0.15) is 15.5 Å². The zero-order chi connectivity index (χ0) is 28.4. The number of carbonyl (C=O) groups excluding carboxylic acids is 3. The number of hydrogen-bond acceptors (Lipinski definition) is 7. The summed E-state index contributed by atoms with van der Waals surface area (Å²) in [5.41, 5.74) is -2.32. The number of alkyl halides is 3. The van der Waals surface area contributed by atoms with E-state index in [1.807, 2.05) is 0 Å². The van der Waals surface area contributed by atoms with Crippen LogP contribution in [0, 0.1) is 0 Å². The first kappa shape index (κ1) is 29.0. The maximum atomic E-state index is 12.9. The van der Waals surface area contributed by atoms with Crippen molar-refractivity contribution in [1.82, 2.24) is 25.4 Å². The Morgan fingerprint density at radius 2 is 2.00 bits per heavy atom. The molecule has 4 rings (SSSR count). The van der Waals surface area contributed by atoms with Gasteiger partial charge in [-0.3, -0.25) is 19.3 Å². The minimum atomic E-state index is -4.57. The number of amides is 3. The van der Waals surface area contributed by atoms with Crippen molar-refractivity contribution in [3.05, 3.63) is 51.5 Å². The number of hydrogen-bond donors (Lipinski definition) is 3. The van der Waals surface area contributed by atoms with Crippen LogP contribution in [0.25, 0.3) is 0 Å². The van der Waals surface area contributed by atoms with Crippen LogP contribution in [0.15, 0.2) is 30.5 Å². The Morgan fingerprint density at radius 1 is 1.23 bits per heavy atom. The fourth-order valence-corrected chi connectivity index (χ4v) is 6.34. The van der Waals surface area contributed by atoms with E-state index < -0.39 is 29.2 Å². The average Bonchev–Trinajstić information content (AvgIpc) is 3.57. The Kier molecular flexibility index (Phi) is 8.62. The number of likely N-dealkylation sites (tertiary alicyclic amines) is 1. The molecule has 2 fully saturated rings. The second-order valence-electron chi connectivity index (χ2n) is 10.2. The summed E-state index contributed by atoms with van der Waals surface area (Å²) in [5, 5.41) is 17.5. The number of carbonyl (C=O) groups is 3. The maximum Gasteiger partial charge on any atom is 0.416 e. The molecule has 1 aromatic heterocycles. The number of nitrogens with one attached hydrogen (secondary N) is 2. The van der Waals surface area contributed by atoms with Gasteiger partial charge in [0.25, 0.3) is 11.8 Å². The molecule has 1 aliphatic heterocycles. The van der Waals surface area contributed by atoms with Crippen molar-refractivity contribution >= 4 is 29.1 Å². The van der Waals surface area contributed by atoms with E-state index in [-0.39, 0.29) is 30.1 Å². The van der Waals surface area contributed by atoms with Crippen LogP contribution in [0.4, 0.5) is 13.2 Å². The summed E-state index contributed by atoms with van der Waals surface area (Å²) in [5.74, 6) is -1.39. The van der Waals surface area contributed by atoms with Gasteiger partial charge in [-0.1, -0.05) is 18.9 Å². The predicted octanol–water partition coefficient (Wildman–Crippen LogP) is 2.61. The van der Waals surface area contributed by atoms with Gasteiger partial charge in [0.15, 0.2) is 0 Å². The number of halogens is 3. The summed E-state index contributed by atoms with van der Waals surface area (Å²) in [6, 6.07) is 3.59. The zero-order valence-electron chi connectivity index (χ0n) is 21.8. The minimum Gasteiger partial charge on any atom is -0.381 e. The van der Waals surface area contributed by atoms with Gasteiger partial charge in [0.2, 0.25) is 5.91 Å². The minimum absolute atomic E-state index is 0.168. The second-order valence-corrected chi connectivity index (χ2v) is 11.3. The summed E-state index contributed by atoms with van der Waals surface area (Å²) in [6.07, 6.45) is 0.628. The fourth-order valence-electron chi connectivity index (χ4n) is 5.23. The van der Waals surface area contributed by atoms with E-state index in [0.717, 1.165) is 37.5 Å². The van der Waals surface area contributed by atoms with Crippen LogP contribution in [-0.4, -0.2) is 83.4 Å². The number of aromatic nitrogens is 1. The van der Waals surface area contributed by atoms with Crippen molar-refractivity contribution in [2.45, 2.75) is 56.0 Å². The first-order chi connectivity index (χ1) is 18.4. The predicted molar refractivity (Wildman–Crippen MR) is 138 cm³/mol. The van der Waals surface area contributed by atoms with Gasteiger partial charge >= 0.3 is 6.18 Å². The average molecular weight is 568 g/mol. The topological polar surface area (TPSA) is 115 Å². The number of benzene rings is 1. The molecule has 9 nitrogen and oxygen atoms in total. The first-order valence-corrected chi connectivity index (χ1v) is 13.6. The van der Waals surface area contributed by atoms with Crippen LogP contribution in [0.3, 0.4) is 0 Å². The molecule has 2 heterocycles. The van der Waals surface area contributed by atoms with Crippen molar-refractivity contribution in [2.75, 3.05) is 33.7 Å². The largest absolute Gasteiger partial charge is 0.416 e.